The maximum Gasteiger partial charge on any atom is 0.286 e. The van der Waals surface area contributed by atoms with E-state index in [1.165, 1.54) is 5.56 Å². The number of rotatable bonds is 11. The highest BCUT2D eigenvalue weighted by Gasteiger charge is 2.17. The lowest BCUT2D eigenvalue weighted by atomic mass is 10.1. The van der Waals surface area contributed by atoms with Gasteiger partial charge in [0.15, 0.2) is 17.3 Å². The third kappa shape index (κ3) is 5.90. The molecule has 3 aromatic rings. The fourth-order valence-electron chi connectivity index (χ4n) is 3.62. The van der Waals surface area contributed by atoms with Gasteiger partial charge in [-0.3, -0.25) is 9.69 Å². The second kappa shape index (κ2) is 10.8. The first-order valence-electron chi connectivity index (χ1n) is 10.7. The van der Waals surface area contributed by atoms with Crippen LogP contribution in [0.15, 0.2) is 65.1 Å². The van der Waals surface area contributed by atoms with Crippen LogP contribution in [-0.4, -0.2) is 37.9 Å². The van der Waals surface area contributed by atoms with Gasteiger partial charge in [0.1, 0.15) is 5.76 Å². The summed E-state index contributed by atoms with van der Waals surface area (Å²) in [6.45, 7) is 3.43. The first-order valence-corrected chi connectivity index (χ1v) is 10.7. The number of carbonyl (C=O) groups excluding carboxylic acids is 1. The number of hydrogen-bond acceptors (Lipinski definition) is 6. The summed E-state index contributed by atoms with van der Waals surface area (Å²) >= 11 is 0. The zero-order valence-electron chi connectivity index (χ0n) is 18.2. The second-order valence-electron chi connectivity index (χ2n) is 7.69. The van der Waals surface area contributed by atoms with E-state index in [0.717, 1.165) is 35.8 Å². The van der Waals surface area contributed by atoms with Crippen LogP contribution in [0.2, 0.25) is 0 Å². The summed E-state index contributed by atoms with van der Waals surface area (Å²) in [5, 5.41) is 2.85. The van der Waals surface area contributed by atoms with Gasteiger partial charge in [0.2, 0.25) is 6.79 Å². The Morgan fingerprint density at radius 2 is 1.78 bits per heavy atom. The summed E-state index contributed by atoms with van der Waals surface area (Å²) in [5.74, 6) is 2.39. The van der Waals surface area contributed by atoms with Crippen LogP contribution in [0, 0.1) is 0 Å². The molecule has 0 bridgehead atoms. The van der Waals surface area contributed by atoms with Crippen LogP contribution in [0.5, 0.6) is 11.5 Å². The maximum absolute atomic E-state index is 12.3. The molecule has 0 aliphatic carbocycles. The number of benzene rings is 2. The van der Waals surface area contributed by atoms with Crippen LogP contribution in [-0.2, 0) is 24.4 Å². The van der Waals surface area contributed by atoms with Gasteiger partial charge in [-0.1, -0.05) is 36.4 Å². The Bertz CT molecular complexity index is 1020. The monoisotopic (exact) mass is 436 g/mol. The Morgan fingerprint density at radius 3 is 2.62 bits per heavy atom. The minimum atomic E-state index is -0.210. The number of nitrogens with one attached hydrogen (secondary N) is 1. The van der Waals surface area contributed by atoms with Gasteiger partial charge in [0, 0.05) is 33.4 Å². The Morgan fingerprint density at radius 1 is 0.969 bits per heavy atom. The van der Waals surface area contributed by atoms with Crippen molar-refractivity contribution in [3.63, 3.8) is 0 Å². The van der Waals surface area contributed by atoms with Crippen molar-refractivity contribution in [2.75, 3.05) is 27.1 Å². The summed E-state index contributed by atoms with van der Waals surface area (Å²) in [6.07, 6.45) is 0.760. The quantitative estimate of drug-likeness (QED) is 0.459. The van der Waals surface area contributed by atoms with Crippen LogP contribution < -0.4 is 14.8 Å². The number of nitrogens with zero attached hydrogens (tertiary/aromatic N) is 1. The van der Waals surface area contributed by atoms with Crippen LogP contribution in [0.25, 0.3) is 0 Å². The van der Waals surface area contributed by atoms with Gasteiger partial charge < -0.3 is 23.9 Å². The highest BCUT2D eigenvalue weighted by molar-refractivity contribution is 5.91. The molecule has 168 valence electrons. The first kappa shape index (κ1) is 21.9. The zero-order chi connectivity index (χ0) is 22.2. The van der Waals surface area contributed by atoms with Gasteiger partial charge in [-0.25, -0.2) is 0 Å². The lowest BCUT2D eigenvalue weighted by Crippen LogP contribution is -2.25. The summed E-state index contributed by atoms with van der Waals surface area (Å²) in [7, 11) is 1.64. The molecule has 0 spiro atoms. The SMILES string of the molecule is COCCCNC(=O)c1ccc(CN(Cc2ccccc2)Cc2ccc3c(c2)OCO3)o1. The van der Waals surface area contributed by atoms with Crippen molar-refractivity contribution in [2.24, 2.45) is 0 Å². The molecule has 2 aromatic carbocycles. The number of furan rings is 1. The molecule has 1 aromatic heterocycles. The van der Waals surface area contributed by atoms with E-state index in [0.29, 0.717) is 32.0 Å². The van der Waals surface area contributed by atoms with E-state index in [1.807, 2.05) is 42.5 Å². The van der Waals surface area contributed by atoms with E-state index in [-0.39, 0.29) is 12.7 Å². The predicted octanol–water partition coefficient (Wildman–Crippen LogP) is 3.98. The van der Waals surface area contributed by atoms with Crippen LogP contribution in [0.3, 0.4) is 0 Å². The molecule has 0 radical (unpaired) electrons. The van der Waals surface area contributed by atoms with Crippen molar-refractivity contribution >= 4 is 5.91 Å². The average Bonchev–Trinajstić information content (AvgIpc) is 3.46. The van der Waals surface area contributed by atoms with E-state index in [9.17, 15) is 4.79 Å². The number of fused-ring (bicyclic) bond motifs is 1. The summed E-state index contributed by atoms with van der Waals surface area (Å²) in [6, 6.07) is 19.9. The zero-order valence-corrected chi connectivity index (χ0v) is 18.2. The predicted molar refractivity (Wildman–Crippen MR) is 119 cm³/mol. The van der Waals surface area contributed by atoms with Gasteiger partial charge in [0.05, 0.1) is 6.54 Å². The van der Waals surface area contributed by atoms with Crippen molar-refractivity contribution in [3.05, 3.63) is 83.3 Å². The highest BCUT2D eigenvalue weighted by atomic mass is 16.7. The van der Waals surface area contributed by atoms with E-state index < -0.39 is 0 Å². The lowest BCUT2D eigenvalue weighted by Gasteiger charge is -2.21. The molecule has 0 saturated heterocycles. The molecule has 1 N–H and O–H groups in total. The number of methoxy groups -OCH3 is 1. The van der Waals surface area contributed by atoms with E-state index in [4.69, 9.17) is 18.6 Å². The fourth-order valence-corrected chi connectivity index (χ4v) is 3.62. The third-order valence-corrected chi connectivity index (χ3v) is 5.17. The molecule has 7 nitrogen and oxygen atoms in total. The molecule has 0 saturated carbocycles. The fraction of sp³-hybridized carbons (Fsp3) is 0.320. The molecule has 1 aliphatic heterocycles. The van der Waals surface area contributed by atoms with Crippen molar-refractivity contribution in [3.8, 4) is 11.5 Å². The minimum absolute atomic E-state index is 0.210. The largest absolute Gasteiger partial charge is 0.455 e. The molecule has 0 atom stereocenters. The van der Waals surface area contributed by atoms with Gasteiger partial charge in [-0.2, -0.15) is 0 Å². The van der Waals surface area contributed by atoms with Gasteiger partial charge in [-0.05, 0) is 41.8 Å². The molecule has 1 amide bonds. The van der Waals surface area contributed by atoms with Crippen molar-refractivity contribution < 1.29 is 23.4 Å². The number of amides is 1. The van der Waals surface area contributed by atoms with Crippen molar-refractivity contribution in [2.45, 2.75) is 26.1 Å². The molecule has 0 fully saturated rings. The summed E-state index contributed by atoms with van der Waals surface area (Å²) in [5.41, 5.74) is 2.32. The van der Waals surface area contributed by atoms with Crippen molar-refractivity contribution in [1.29, 1.82) is 0 Å². The smallest absolute Gasteiger partial charge is 0.286 e. The van der Waals surface area contributed by atoms with Gasteiger partial charge >= 0.3 is 0 Å². The molecule has 7 heteroatoms. The van der Waals surface area contributed by atoms with Crippen LogP contribution in [0.1, 0.15) is 33.9 Å². The topological polar surface area (TPSA) is 73.2 Å². The Balaban J connectivity index is 1.43. The van der Waals surface area contributed by atoms with E-state index in [2.05, 4.69) is 22.3 Å². The number of carbonyl (C=O) groups is 1. The standard InChI is InChI=1S/C25H28N2O5/c1-29-13-5-12-26-25(28)23-11-9-21(32-23)17-27(15-19-6-3-2-4-7-19)16-20-8-10-22-24(14-20)31-18-30-22/h2-4,6-11,14H,5,12-13,15-18H2,1H3,(H,26,28). The molecular weight excluding hydrogens is 408 g/mol. The van der Waals surface area contributed by atoms with Crippen LogP contribution >= 0.6 is 0 Å². The average molecular weight is 437 g/mol. The molecule has 0 unspecified atom stereocenters. The highest BCUT2D eigenvalue weighted by Crippen LogP contribution is 2.33. The maximum atomic E-state index is 12.3. The first-order chi connectivity index (χ1) is 15.7. The molecule has 4 rings (SSSR count). The number of ether oxygens (including phenoxy) is 3. The molecular formula is C25H28N2O5. The van der Waals surface area contributed by atoms with E-state index in [1.54, 1.807) is 13.2 Å². The molecule has 32 heavy (non-hydrogen) atoms. The summed E-state index contributed by atoms with van der Waals surface area (Å²) < 4.78 is 21.8. The minimum Gasteiger partial charge on any atom is -0.455 e. The Labute approximate surface area is 187 Å². The lowest BCUT2D eigenvalue weighted by molar-refractivity contribution is 0.0916. The third-order valence-electron chi connectivity index (χ3n) is 5.17. The number of hydrogen-bond donors (Lipinski definition) is 1. The van der Waals surface area contributed by atoms with Gasteiger partial charge in [0.25, 0.3) is 5.91 Å². The van der Waals surface area contributed by atoms with Crippen molar-refractivity contribution in [1.82, 2.24) is 10.2 Å². The van der Waals surface area contributed by atoms with E-state index >= 15 is 0 Å². The Kier molecular flexibility index (Phi) is 7.42. The second-order valence-corrected chi connectivity index (χ2v) is 7.69. The molecule has 2 heterocycles. The molecule has 1 aliphatic rings. The van der Waals surface area contributed by atoms with Crippen LogP contribution in [0.4, 0.5) is 0 Å². The Hall–Kier alpha value is -3.29. The van der Waals surface area contributed by atoms with Gasteiger partial charge in [-0.15, -0.1) is 0 Å². The normalized spacial score (nSPS) is 12.3. The summed E-state index contributed by atoms with van der Waals surface area (Å²) in [4.78, 5) is 14.6.